The van der Waals surface area contributed by atoms with Crippen LogP contribution in [0.4, 0.5) is 10.1 Å². The first kappa shape index (κ1) is 17.4. The number of pyridine rings is 1. The third kappa shape index (κ3) is 4.37. The zero-order chi connectivity index (χ0) is 17.8. The van der Waals surface area contributed by atoms with Gasteiger partial charge in [-0.1, -0.05) is 28.5 Å². The van der Waals surface area contributed by atoms with E-state index in [-0.39, 0.29) is 10.9 Å². The summed E-state index contributed by atoms with van der Waals surface area (Å²) in [5.74, 6) is 0.263. The van der Waals surface area contributed by atoms with Crippen LogP contribution >= 0.6 is 23.4 Å². The van der Waals surface area contributed by atoms with Gasteiger partial charge >= 0.3 is 0 Å². The number of nitrogens with zero attached hydrogens (tertiary/aromatic N) is 2. The average molecular weight is 378 g/mol. The number of nitrogens with one attached hydrogen (secondary N) is 1. The second-order valence-corrected chi connectivity index (χ2v) is 6.53. The Balaban J connectivity index is 1.74. The minimum atomic E-state index is -0.596. The maximum Gasteiger partial charge on any atom is 0.258 e. The molecule has 0 fully saturated rings. The Morgan fingerprint density at radius 3 is 2.92 bits per heavy atom. The normalized spacial score (nSPS) is 10.7. The van der Waals surface area contributed by atoms with E-state index in [1.54, 1.807) is 18.3 Å². The number of thioether (sulfide) groups is 1. The van der Waals surface area contributed by atoms with Gasteiger partial charge in [0, 0.05) is 23.7 Å². The van der Waals surface area contributed by atoms with E-state index in [4.69, 9.17) is 16.1 Å². The molecule has 8 heteroatoms. The van der Waals surface area contributed by atoms with E-state index in [1.807, 2.05) is 13.0 Å². The molecule has 3 aromatic rings. The molecule has 0 radical (unpaired) electrons. The van der Waals surface area contributed by atoms with Gasteiger partial charge in [-0.05, 0) is 37.3 Å². The van der Waals surface area contributed by atoms with Gasteiger partial charge in [-0.2, -0.15) is 0 Å². The number of carbonyl (C=O) groups excluding carboxylic acids is 1. The molecule has 0 aliphatic rings. The molecule has 1 amide bonds. The average Bonchev–Trinajstić information content (AvgIpc) is 3.02. The molecule has 128 valence electrons. The summed E-state index contributed by atoms with van der Waals surface area (Å²) in [5, 5.41) is 7.11. The van der Waals surface area contributed by atoms with Crippen molar-refractivity contribution >= 4 is 35.0 Å². The minimum Gasteiger partial charge on any atom is -0.361 e. The molecule has 0 saturated carbocycles. The summed E-state index contributed by atoms with van der Waals surface area (Å²) < 4.78 is 18.5. The van der Waals surface area contributed by atoms with Gasteiger partial charge in [-0.25, -0.2) is 9.37 Å². The molecule has 5 nitrogen and oxygen atoms in total. The highest BCUT2D eigenvalue weighted by atomic mass is 35.5. The Morgan fingerprint density at radius 1 is 1.36 bits per heavy atom. The van der Waals surface area contributed by atoms with Crippen molar-refractivity contribution in [3.05, 3.63) is 70.5 Å². The summed E-state index contributed by atoms with van der Waals surface area (Å²) in [6.45, 7) is 1.81. The highest BCUT2D eigenvalue weighted by Gasteiger charge is 2.14. The van der Waals surface area contributed by atoms with Crippen molar-refractivity contribution in [2.24, 2.45) is 0 Å². The molecule has 3 rings (SSSR count). The Bertz CT molecular complexity index is 916. The van der Waals surface area contributed by atoms with E-state index < -0.39 is 5.82 Å². The van der Waals surface area contributed by atoms with Crippen LogP contribution in [0.15, 0.2) is 52.1 Å². The number of amides is 1. The smallest absolute Gasteiger partial charge is 0.258 e. The molecule has 0 bridgehead atoms. The number of anilines is 1. The Hall–Kier alpha value is -2.38. The second-order valence-electron chi connectivity index (χ2n) is 5.16. The van der Waals surface area contributed by atoms with Crippen molar-refractivity contribution in [2.75, 3.05) is 5.32 Å². The lowest BCUT2D eigenvalue weighted by molar-refractivity contribution is 0.102. The standard InChI is InChI=1S/C17H13ClFN3O2S/c1-10-7-12(22-24-10)9-25-17-13(3-2-6-20-17)16(23)21-11-4-5-14(18)15(19)8-11/h2-8H,9H2,1H3,(H,21,23). The summed E-state index contributed by atoms with van der Waals surface area (Å²) in [5.41, 5.74) is 1.47. The number of benzene rings is 1. The van der Waals surface area contributed by atoms with Crippen LogP contribution in [0.2, 0.25) is 5.02 Å². The zero-order valence-electron chi connectivity index (χ0n) is 13.1. The number of hydrogen-bond acceptors (Lipinski definition) is 5. The van der Waals surface area contributed by atoms with E-state index in [0.29, 0.717) is 22.0 Å². The molecule has 1 N–H and O–H groups in total. The highest BCUT2D eigenvalue weighted by molar-refractivity contribution is 7.98. The van der Waals surface area contributed by atoms with Crippen LogP contribution < -0.4 is 5.32 Å². The highest BCUT2D eigenvalue weighted by Crippen LogP contribution is 2.25. The molecule has 25 heavy (non-hydrogen) atoms. The first-order chi connectivity index (χ1) is 12.0. The van der Waals surface area contributed by atoms with Crippen LogP contribution in [-0.2, 0) is 5.75 Å². The third-order valence-electron chi connectivity index (χ3n) is 3.23. The first-order valence-corrected chi connectivity index (χ1v) is 8.65. The molecule has 0 atom stereocenters. The summed E-state index contributed by atoms with van der Waals surface area (Å²) in [7, 11) is 0. The van der Waals surface area contributed by atoms with Gasteiger partial charge in [0.15, 0.2) is 0 Å². The second kappa shape index (κ2) is 7.67. The molecular weight excluding hydrogens is 365 g/mol. The summed E-state index contributed by atoms with van der Waals surface area (Å²) in [4.78, 5) is 16.7. The maximum atomic E-state index is 13.5. The number of aromatic nitrogens is 2. The van der Waals surface area contributed by atoms with E-state index in [2.05, 4.69) is 15.5 Å². The van der Waals surface area contributed by atoms with Crippen molar-refractivity contribution in [1.29, 1.82) is 0 Å². The minimum absolute atomic E-state index is 0.00136. The molecule has 0 spiro atoms. The van der Waals surface area contributed by atoms with E-state index >= 15 is 0 Å². The number of halogens is 2. The SMILES string of the molecule is Cc1cc(CSc2ncccc2C(=O)Nc2ccc(Cl)c(F)c2)no1. The summed E-state index contributed by atoms with van der Waals surface area (Å²) in [6.07, 6.45) is 1.61. The molecule has 2 aromatic heterocycles. The lowest BCUT2D eigenvalue weighted by Crippen LogP contribution is -2.13. The van der Waals surface area contributed by atoms with Crippen LogP contribution in [0, 0.1) is 12.7 Å². The largest absolute Gasteiger partial charge is 0.361 e. The van der Waals surface area contributed by atoms with Gasteiger partial charge < -0.3 is 9.84 Å². The molecule has 0 saturated heterocycles. The van der Waals surface area contributed by atoms with Crippen molar-refractivity contribution < 1.29 is 13.7 Å². The topological polar surface area (TPSA) is 68.0 Å². The quantitative estimate of drug-likeness (QED) is 0.652. The number of rotatable bonds is 5. The third-order valence-corrected chi connectivity index (χ3v) is 4.57. The van der Waals surface area contributed by atoms with Gasteiger partial charge in [0.25, 0.3) is 5.91 Å². The van der Waals surface area contributed by atoms with Crippen molar-refractivity contribution in [3.8, 4) is 0 Å². The molecular formula is C17H13ClFN3O2S. The lowest BCUT2D eigenvalue weighted by atomic mass is 10.2. The molecule has 0 aliphatic carbocycles. The van der Waals surface area contributed by atoms with E-state index in [1.165, 1.54) is 30.0 Å². The zero-order valence-corrected chi connectivity index (χ0v) is 14.7. The van der Waals surface area contributed by atoms with Crippen molar-refractivity contribution in [3.63, 3.8) is 0 Å². The Labute approximate surface area is 152 Å². The molecule has 1 aromatic carbocycles. The summed E-state index contributed by atoms with van der Waals surface area (Å²) in [6, 6.07) is 9.24. The predicted molar refractivity (Wildman–Crippen MR) is 94.4 cm³/mol. The number of carbonyl (C=O) groups is 1. The summed E-state index contributed by atoms with van der Waals surface area (Å²) >= 11 is 7.01. The fourth-order valence-corrected chi connectivity index (χ4v) is 3.07. The fraction of sp³-hybridized carbons (Fsp3) is 0.118. The molecule has 0 aliphatic heterocycles. The number of aryl methyl sites for hydroxylation is 1. The molecule has 2 heterocycles. The van der Waals surface area contributed by atoms with Crippen LogP contribution in [0.1, 0.15) is 21.8 Å². The van der Waals surface area contributed by atoms with Crippen molar-refractivity contribution in [2.45, 2.75) is 17.7 Å². The molecule has 0 unspecified atom stereocenters. The van der Waals surface area contributed by atoms with Crippen LogP contribution in [0.25, 0.3) is 0 Å². The van der Waals surface area contributed by atoms with Crippen LogP contribution in [-0.4, -0.2) is 16.0 Å². The predicted octanol–water partition coefficient (Wildman–Crippen LogP) is 4.72. The number of hydrogen-bond donors (Lipinski definition) is 1. The monoisotopic (exact) mass is 377 g/mol. The van der Waals surface area contributed by atoms with Gasteiger partial charge in [-0.3, -0.25) is 4.79 Å². The van der Waals surface area contributed by atoms with Gasteiger partial charge in [0.1, 0.15) is 16.6 Å². The van der Waals surface area contributed by atoms with Crippen LogP contribution in [0.5, 0.6) is 0 Å². The Kier molecular flexibility index (Phi) is 5.35. The van der Waals surface area contributed by atoms with E-state index in [0.717, 1.165) is 11.5 Å². The van der Waals surface area contributed by atoms with Crippen LogP contribution in [0.3, 0.4) is 0 Å². The lowest BCUT2D eigenvalue weighted by Gasteiger charge is -2.09. The first-order valence-electron chi connectivity index (χ1n) is 7.29. The van der Waals surface area contributed by atoms with E-state index in [9.17, 15) is 9.18 Å². The Morgan fingerprint density at radius 2 is 2.20 bits per heavy atom. The fourth-order valence-electron chi connectivity index (χ4n) is 2.08. The van der Waals surface area contributed by atoms with Gasteiger partial charge in [0.05, 0.1) is 16.3 Å². The maximum absolute atomic E-state index is 13.5. The van der Waals surface area contributed by atoms with Gasteiger partial charge in [0.2, 0.25) is 0 Å². The van der Waals surface area contributed by atoms with Gasteiger partial charge in [-0.15, -0.1) is 0 Å². The van der Waals surface area contributed by atoms with Crippen molar-refractivity contribution in [1.82, 2.24) is 10.1 Å².